The molecule has 0 amide bonds. The number of benzene rings is 4. The van der Waals surface area contributed by atoms with Gasteiger partial charge in [-0.25, -0.2) is 0 Å². The van der Waals surface area contributed by atoms with Crippen LogP contribution in [0.5, 0.6) is 5.75 Å². The van der Waals surface area contributed by atoms with Gasteiger partial charge in [-0.3, -0.25) is 18.2 Å². The summed E-state index contributed by atoms with van der Waals surface area (Å²) >= 11 is 0. The summed E-state index contributed by atoms with van der Waals surface area (Å²) in [5.74, 6) is -0.753. The number of nitrogens with zero attached hydrogens (tertiary/aromatic N) is 2. The summed E-state index contributed by atoms with van der Waals surface area (Å²) in [5.41, 5.74) is 3.77. The van der Waals surface area contributed by atoms with E-state index in [-0.39, 0.29) is 16.5 Å². The molecule has 0 fully saturated rings. The minimum atomic E-state index is -5.45. The number of hydrogen-bond acceptors (Lipinski definition) is 12. The summed E-state index contributed by atoms with van der Waals surface area (Å²) in [5, 5.41) is 16.2. The fraction of sp³-hybridized carbons (Fsp3) is 0. The van der Waals surface area contributed by atoms with E-state index in [1.807, 2.05) is 0 Å². The highest BCUT2D eigenvalue weighted by atomic mass is 32.2. The second-order valence-electron chi connectivity index (χ2n) is 8.05. The van der Waals surface area contributed by atoms with Crippen molar-refractivity contribution in [3.63, 3.8) is 0 Å². The minimum absolute atomic E-state index is 0.00442. The number of azo groups is 1. The fourth-order valence-corrected chi connectivity index (χ4v) is 6.70. The second-order valence-corrected chi connectivity index (χ2v) is 13.6. The maximum atomic E-state index is 12.3. The number of phenols is 1. The molecule has 20 heteroatoms. The van der Waals surface area contributed by atoms with Crippen LogP contribution < -0.4 is 5.73 Å². The van der Waals surface area contributed by atoms with Crippen molar-refractivity contribution in [3.05, 3.63) is 48.5 Å². The Balaban J connectivity index is 2.08. The number of hydrogen-bond donors (Lipinski definition) is 6. The molecule has 4 aromatic rings. The zero-order chi connectivity index (χ0) is 30.0. The molecule has 0 aliphatic rings. The fourth-order valence-electron chi connectivity index (χ4n) is 3.88. The van der Waals surface area contributed by atoms with Gasteiger partial charge in [0.15, 0.2) is 5.75 Å². The summed E-state index contributed by atoms with van der Waals surface area (Å²) in [6, 6.07) is 7.16. The molecule has 0 aromatic heterocycles. The van der Waals surface area contributed by atoms with E-state index < -0.39 is 88.0 Å². The van der Waals surface area contributed by atoms with Gasteiger partial charge in [0.1, 0.15) is 26.1 Å². The number of fused-ring (bicyclic) bond motifs is 2. The number of nitrogens with two attached hydrogens (primary N) is 1. The number of aromatic hydroxyl groups is 1. The number of rotatable bonds is 6. The molecule has 212 valence electrons. The van der Waals surface area contributed by atoms with Gasteiger partial charge in [-0.05, 0) is 35.7 Å². The molecule has 0 saturated heterocycles. The van der Waals surface area contributed by atoms with E-state index in [0.717, 1.165) is 36.4 Å². The van der Waals surface area contributed by atoms with Gasteiger partial charge in [-0.15, -0.1) is 10.2 Å². The van der Waals surface area contributed by atoms with Gasteiger partial charge in [0.25, 0.3) is 40.5 Å². The van der Waals surface area contributed by atoms with Crippen LogP contribution in [0.3, 0.4) is 0 Å². The quantitative estimate of drug-likeness (QED) is 0.101. The average molecular weight is 634 g/mol. The predicted molar refractivity (Wildman–Crippen MR) is 137 cm³/mol. The Labute approximate surface area is 225 Å². The molecule has 40 heavy (non-hydrogen) atoms. The van der Waals surface area contributed by atoms with E-state index in [9.17, 15) is 57.0 Å². The van der Waals surface area contributed by atoms with Gasteiger partial charge >= 0.3 is 0 Å². The third kappa shape index (κ3) is 5.33. The van der Waals surface area contributed by atoms with Gasteiger partial charge in [-0.1, -0.05) is 18.2 Å². The van der Waals surface area contributed by atoms with Crippen molar-refractivity contribution >= 4 is 79.1 Å². The Kier molecular flexibility index (Phi) is 6.88. The molecule has 16 nitrogen and oxygen atoms in total. The third-order valence-corrected chi connectivity index (χ3v) is 9.02. The Morgan fingerprint density at radius 2 is 1.27 bits per heavy atom. The Morgan fingerprint density at radius 3 is 1.82 bits per heavy atom. The first kappa shape index (κ1) is 29.2. The van der Waals surface area contributed by atoms with Crippen molar-refractivity contribution in [1.29, 1.82) is 0 Å². The topological polar surface area (TPSA) is 288 Å². The minimum Gasteiger partial charge on any atom is -0.505 e. The first-order valence-electron chi connectivity index (χ1n) is 10.2. The van der Waals surface area contributed by atoms with Crippen LogP contribution in [-0.2, 0) is 40.5 Å². The average Bonchev–Trinajstić information content (AvgIpc) is 2.79. The molecular weight excluding hydrogens is 618 g/mol. The van der Waals surface area contributed by atoms with Crippen LogP contribution >= 0.6 is 0 Å². The molecule has 7 N–H and O–H groups in total. The predicted octanol–water partition coefficient (Wildman–Crippen LogP) is 2.68. The van der Waals surface area contributed by atoms with Gasteiger partial charge in [0, 0.05) is 21.8 Å². The molecule has 0 aliphatic heterocycles. The van der Waals surface area contributed by atoms with E-state index in [1.165, 1.54) is 6.07 Å². The van der Waals surface area contributed by atoms with Crippen LogP contribution in [0.15, 0.2) is 78.3 Å². The van der Waals surface area contributed by atoms with Crippen LogP contribution in [0.2, 0.25) is 0 Å². The summed E-state index contributed by atoms with van der Waals surface area (Å²) < 4.78 is 134. The largest absolute Gasteiger partial charge is 0.505 e. The van der Waals surface area contributed by atoms with Crippen LogP contribution in [-0.4, -0.2) is 57.0 Å². The normalized spacial score (nSPS) is 13.4. The van der Waals surface area contributed by atoms with Crippen LogP contribution in [0.4, 0.5) is 17.1 Å². The lowest BCUT2D eigenvalue weighted by molar-refractivity contribution is 0.478. The van der Waals surface area contributed by atoms with E-state index in [4.69, 9.17) is 5.73 Å². The van der Waals surface area contributed by atoms with Crippen molar-refractivity contribution in [2.45, 2.75) is 19.6 Å². The van der Waals surface area contributed by atoms with E-state index in [1.54, 1.807) is 0 Å². The number of anilines is 1. The lowest BCUT2D eigenvalue weighted by atomic mass is 10.1. The monoisotopic (exact) mass is 633 g/mol. The lowest BCUT2D eigenvalue weighted by Gasteiger charge is -2.13. The summed E-state index contributed by atoms with van der Waals surface area (Å²) in [6.07, 6.45) is 0. The molecule has 0 heterocycles. The molecule has 0 unspecified atom stereocenters. The van der Waals surface area contributed by atoms with Crippen molar-refractivity contribution in [2.24, 2.45) is 10.2 Å². The number of nitrogen functional groups attached to an aromatic ring is 1. The summed E-state index contributed by atoms with van der Waals surface area (Å²) in [4.78, 5) is -4.22. The van der Waals surface area contributed by atoms with Crippen molar-refractivity contribution in [1.82, 2.24) is 0 Å². The van der Waals surface area contributed by atoms with Gasteiger partial charge in [0.2, 0.25) is 0 Å². The molecule has 4 aromatic carbocycles. The molecule has 4 rings (SSSR count). The van der Waals surface area contributed by atoms with Crippen LogP contribution in [0.1, 0.15) is 0 Å². The Hall–Kier alpha value is -3.76. The summed E-state index contributed by atoms with van der Waals surface area (Å²) in [7, 11) is -20.6. The number of phenolic OH excluding ortho intramolecular Hbond substituents is 1. The first-order valence-corrected chi connectivity index (χ1v) is 15.9. The zero-order valence-electron chi connectivity index (χ0n) is 19.2. The smallest absolute Gasteiger partial charge is 0.297 e. The van der Waals surface area contributed by atoms with E-state index >= 15 is 0 Å². The SMILES string of the molecule is Nc1cc(S(=O)(=O)O)cc2ccc(N=Nc3c(S(=O)(=O)O)cc4c(S(=O)(=O)O)cccc4c3S(=O)(=O)O)c(O)c12. The van der Waals surface area contributed by atoms with E-state index in [0.29, 0.717) is 6.07 Å². The van der Waals surface area contributed by atoms with Gasteiger partial charge < -0.3 is 10.8 Å². The highest BCUT2D eigenvalue weighted by molar-refractivity contribution is 7.87. The standard InChI is InChI=1S/C20H15N3O13S4/c21-13-7-10(37(25,26)27)6-9-4-5-14(19(24)17(9)13)22-23-18-16(39(31,32)33)8-12-11(20(18)40(34,35)36)2-1-3-15(12)38(28,29)30/h1-8,24H,21H2,(H,25,26,27)(H,28,29,30)(H,31,32,33)(H,34,35,36). The van der Waals surface area contributed by atoms with Crippen molar-refractivity contribution in [2.75, 3.05) is 5.73 Å². The van der Waals surface area contributed by atoms with Crippen LogP contribution in [0.25, 0.3) is 21.5 Å². The van der Waals surface area contributed by atoms with Crippen molar-refractivity contribution < 1.29 is 57.0 Å². The van der Waals surface area contributed by atoms with Gasteiger partial charge in [0.05, 0.1) is 4.90 Å². The molecule has 0 atom stereocenters. The zero-order valence-corrected chi connectivity index (χ0v) is 22.5. The maximum absolute atomic E-state index is 12.3. The maximum Gasteiger partial charge on any atom is 0.297 e. The highest BCUT2D eigenvalue weighted by Crippen LogP contribution is 2.43. The van der Waals surface area contributed by atoms with E-state index in [2.05, 4.69) is 10.2 Å². The molecule has 0 radical (unpaired) electrons. The summed E-state index contributed by atoms with van der Waals surface area (Å²) in [6.45, 7) is 0. The second kappa shape index (κ2) is 9.42. The molecular formula is C20H15N3O13S4. The lowest BCUT2D eigenvalue weighted by Crippen LogP contribution is -2.08. The molecule has 0 saturated carbocycles. The van der Waals surface area contributed by atoms with Gasteiger partial charge in [-0.2, -0.15) is 33.7 Å². The first-order chi connectivity index (χ1) is 18.2. The highest BCUT2D eigenvalue weighted by Gasteiger charge is 2.30. The third-order valence-electron chi connectivity index (χ3n) is 5.48. The Morgan fingerprint density at radius 1 is 0.650 bits per heavy atom. The Bertz CT molecular complexity index is 2230. The van der Waals surface area contributed by atoms with Crippen LogP contribution in [0, 0.1) is 0 Å². The van der Waals surface area contributed by atoms with Crippen molar-refractivity contribution in [3.8, 4) is 5.75 Å². The molecule has 0 spiro atoms. The molecule has 0 aliphatic carbocycles. The molecule has 0 bridgehead atoms.